The topological polar surface area (TPSA) is 60.2 Å². The number of rotatable bonds is 2. The lowest BCUT2D eigenvalue weighted by Gasteiger charge is -2.09. The first-order valence-electron chi connectivity index (χ1n) is 4.36. The molecule has 0 heterocycles. The third kappa shape index (κ3) is 1.66. The van der Waals surface area contributed by atoms with E-state index >= 15 is 0 Å². The molecule has 0 spiro atoms. The lowest BCUT2D eigenvalue weighted by atomic mass is 9.95. The van der Waals surface area contributed by atoms with Crippen molar-refractivity contribution >= 4 is 17.3 Å². The highest BCUT2D eigenvalue weighted by Crippen LogP contribution is 2.21. The summed E-state index contributed by atoms with van der Waals surface area (Å²) in [6, 6.07) is 3.40. The van der Waals surface area contributed by atoms with Crippen LogP contribution in [0.4, 0.5) is 5.69 Å². The lowest BCUT2D eigenvalue weighted by molar-refractivity contribution is 0.0981. The van der Waals surface area contributed by atoms with Gasteiger partial charge in [-0.2, -0.15) is 0 Å². The Kier molecular flexibility index (Phi) is 2.70. The molecule has 0 aliphatic carbocycles. The molecule has 0 bridgehead atoms. The summed E-state index contributed by atoms with van der Waals surface area (Å²) in [5, 5.41) is 0. The van der Waals surface area contributed by atoms with Crippen LogP contribution in [0.1, 0.15) is 40.1 Å². The van der Waals surface area contributed by atoms with E-state index in [2.05, 4.69) is 0 Å². The third-order valence-corrected chi connectivity index (χ3v) is 2.15. The molecule has 0 unspecified atom stereocenters. The van der Waals surface area contributed by atoms with E-state index in [1.165, 1.54) is 13.8 Å². The van der Waals surface area contributed by atoms with E-state index in [4.69, 9.17) is 5.73 Å². The van der Waals surface area contributed by atoms with Crippen molar-refractivity contribution in [1.29, 1.82) is 0 Å². The van der Waals surface area contributed by atoms with E-state index in [0.717, 1.165) is 5.56 Å². The van der Waals surface area contributed by atoms with Crippen molar-refractivity contribution in [3.05, 3.63) is 28.8 Å². The summed E-state index contributed by atoms with van der Waals surface area (Å²) in [6.45, 7) is 4.65. The van der Waals surface area contributed by atoms with Gasteiger partial charge in [-0.15, -0.1) is 0 Å². The SMILES string of the molecule is CC(=O)c1c(C)ccc(N)c1C(C)=O. The van der Waals surface area contributed by atoms with Crippen LogP contribution in [0.5, 0.6) is 0 Å². The van der Waals surface area contributed by atoms with E-state index in [1.54, 1.807) is 19.1 Å². The number of carbonyl (C=O) groups is 2. The van der Waals surface area contributed by atoms with E-state index in [0.29, 0.717) is 16.8 Å². The number of hydrogen-bond donors (Lipinski definition) is 1. The van der Waals surface area contributed by atoms with Gasteiger partial charge in [0.25, 0.3) is 0 Å². The largest absolute Gasteiger partial charge is 0.398 e. The Hall–Kier alpha value is -1.64. The van der Waals surface area contributed by atoms with Crippen molar-refractivity contribution in [3.8, 4) is 0 Å². The zero-order chi connectivity index (χ0) is 10.9. The number of Topliss-reactive ketones (excluding diaryl/α,β-unsaturated/α-hetero) is 2. The quantitative estimate of drug-likeness (QED) is 0.574. The van der Waals surface area contributed by atoms with Gasteiger partial charge in [0.2, 0.25) is 0 Å². The normalized spacial score (nSPS) is 9.93. The molecule has 0 radical (unpaired) electrons. The highest BCUT2D eigenvalue weighted by molar-refractivity contribution is 6.11. The van der Waals surface area contributed by atoms with Crippen molar-refractivity contribution in [2.75, 3.05) is 5.73 Å². The number of benzene rings is 1. The molecule has 1 aromatic rings. The van der Waals surface area contributed by atoms with Crippen molar-refractivity contribution in [2.45, 2.75) is 20.8 Å². The summed E-state index contributed by atoms with van der Waals surface area (Å²) in [4.78, 5) is 22.6. The minimum Gasteiger partial charge on any atom is -0.398 e. The smallest absolute Gasteiger partial charge is 0.162 e. The number of carbonyl (C=O) groups excluding carboxylic acids is 2. The van der Waals surface area contributed by atoms with Gasteiger partial charge in [0.05, 0.1) is 5.56 Å². The van der Waals surface area contributed by atoms with Crippen LogP contribution >= 0.6 is 0 Å². The number of ketones is 2. The van der Waals surface area contributed by atoms with Crippen LogP contribution in [0.15, 0.2) is 12.1 Å². The summed E-state index contributed by atoms with van der Waals surface area (Å²) in [7, 11) is 0. The zero-order valence-corrected chi connectivity index (χ0v) is 8.55. The molecule has 1 aromatic carbocycles. The highest BCUT2D eigenvalue weighted by atomic mass is 16.1. The molecule has 0 aliphatic rings. The molecular weight excluding hydrogens is 178 g/mol. The molecule has 14 heavy (non-hydrogen) atoms. The number of nitrogen functional groups attached to an aromatic ring is 1. The Morgan fingerprint density at radius 1 is 1.07 bits per heavy atom. The zero-order valence-electron chi connectivity index (χ0n) is 8.55. The first-order chi connectivity index (χ1) is 6.45. The maximum atomic E-state index is 11.3. The van der Waals surface area contributed by atoms with E-state index < -0.39 is 0 Å². The molecule has 74 valence electrons. The van der Waals surface area contributed by atoms with Crippen LogP contribution in [0.2, 0.25) is 0 Å². The van der Waals surface area contributed by atoms with Gasteiger partial charge in [-0.1, -0.05) is 6.07 Å². The molecule has 3 nitrogen and oxygen atoms in total. The molecule has 0 saturated carbocycles. The third-order valence-electron chi connectivity index (χ3n) is 2.15. The summed E-state index contributed by atoms with van der Waals surface area (Å²) < 4.78 is 0. The fourth-order valence-electron chi connectivity index (χ4n) is 1.56. The first kappa shape index (κ1) is 10.4. The van der Waals surface area contributed by atoms with E-state index in [-0.39, 0.29) is 11.6 Å². The van der Waals surface area contributed by atoms with E-state index in [1.807, 2.05) is 0 Å². The second-order valence-electron chi connectivity index (χ2n) is 3.33. The van der Waals surface area contributed by atoms with Crippen molar-refractivity contribution < 1.29 is 9.59 Å². The van der Waals surface area contributed by atoms with Crippen LogP contribution in [-0.4, -0.2) is 11.6 Å². The van der Waals surface area contributed by atoms with Gasteiger partial charge in [-0.25, -0.2) is 0 Å². The molecule has 3 heteroatoms. The van der Waals surface area contributed by atoms with E-state index in [9.17, 15) is 9.59 Å². The Labute approximate surface area is 82.9 Å². The second kappa shape index (κ2) is 3.62. The maximum Gasteiger partial charge on any atom is 0.162 e. The average Bonchev–Trinajstić information content (AvgIpc) is 2.07. The molecule has 0 atom stereocenters. The Balaban J connectivity index is 3.58. The molecule has 0 fully saturated rings. The highest BCUT2D eigenvalue weighted by Gasteiger charge is 2.16. The standard InChI is InChI=1S/C11H13NO2/c1-6-4-5-9(12)11(8(3)14)10(6)7(2)13/h4-5H,12H2,1-3H3. The molecule has 0 amide bonds. The number of anilines is 1. The minimum atomic E-state index is -0.170. The predicted octanol–water partition coefficient (Wildman–Crippen LogP) is 1.98. The van der Waals surface area contributed by atoms with Crippen molar-refractivity contribution in [3.63, 3.8) is 0 Å². The minimum absolute atomic E-state index is 0.125. The average molecular weight is 191 g/mol. The maximum absolute atomic E-state index is 11.3. The fourth-order valence-corrected chi connectivity index (χ4v) is 1.56. The summed E-state index contributed by atoms with van der Waals surface area (Å²) >= 11 is 0. The summed E-state index contributed by atoms with van der Waals surface area (Å²) in [5.41, 5.74) is 7.60. The van der Waals surface area contributed by atoms with Crippen LogP contribution in [0.3, 0.4) is 0 Å². The molecule has 0 saturated heterocycles. The van der Waals surface area contributed by atoms with Crippen molar-refractivity contribution in [2.24, 2.45) is 0 Å². The Morgan fingerprint density at radius 3 is 1.93 bits per heavy atom. The van der Waals surface area contributed by atoms with Crippen LogP contribution in [0, 0.1) is 6.92 Å². The Bertz CT molecular complexity index is 369. The molecule has 1 rings (SSSR count). The molecular formula is C11H13NO2. The molecule has 2 N–H and O–H groups in total. The fraction of sp³-hybridized carbons (Fsp3) is 0.273. The monoisotopic (exact) mass is 191 g/mol. The van der Waals surface area contributed by atoms with Crippen LogP contribution in [0.25, 0.3) is 0 Å². The van der Waals surface area contributed by atoms with Gasteiger partial charge in [0, 0.05) is 11.3 Å². The predicted molar refractivity (Wildman–Crippen MR) is 55.6 cm³/mol. The summed E-state index contributed by atoms with van der Waals surface area (Å²) in [5.74, 6) is -0.295. The molecule has 0 aliphatic heterocycles. The van der Waals surface area contributed by atoms with Gasteiger partial charge >= 0.3 is 0 Å². The summed E-state index contributed by atoms with van der Waals surface area (Å²) in [6.07, 6.45) is 0. The number of hydrogen-bond acceptors (Lipinski definition) is 3. The van der Waals surface area contributed by atoms with Gasteiger partial charge in [-0.05, 0) is 32.4 Å². The lowest BCUT2D eigenvalue weighted by Crippen LogP contribution is -2.09. The van der Waals surface area contributed by atoms with Crippen LogP contribution < -0.4 is 5.73 Å². The molecule has 0 aromatic heterocycles. The van der Waals surface area contributed by atoms with Crippen molar-refractivity contribution in [1.82, 2.24) is 0 Å². The van der Waals surface area contributed by atoms with Gasteiger partial charge < -0.3 is 5.73 Å². The van der Waals surface area contributed by atoms with Gasteiger partial charge in [-0.3, -0.25) is 9.59 Å². The second-order valence-corrected chi connectivity index (χ2v) is 3.33. The first-order valence-corrected chi connectivity index (χ1v) is 4.36. The number of aryl methyl sites for hydroxylation is 1. The van der Waals surface area contributed by atoms with Crippen LogP contribution in [-0.2, 0) is 0 Å². The Morgan fingerprint density at radius 2 is 1.57 bits per heavy atom. The van der Waals surface area contributed by atoms with Gasteiger partial charge in [0.1, 0.15) is 0 Å². The van der Waals surface area contributed by atoms with Gasteiger partial charge in [0.15, 0.2) is 11.6 Å². The number of nitrogens with two attached hydrogens (primary N) is 1.